The second kappa shape index (κ2) is 7.98. The molecule has 1 saturated carbocycles. The summed E-state index contributed by atoms with van der Waals surface area (Å²) < 4.78 is 12.2. The van der Waals surface area contributed by atoms with Crippen LogP contribution in [0.15, 0.2) is 0 Å². The maximum Gasteiger partial charge on any atom is 0.0969 e. The normalized spacial score (nSPS) is 47.6. The van der Waals surface area contributed by atoms with Crippen molar-refractivity contribution < 1.29 is 9.47 Å². The zero-order chi connectivity index (χ0) is 16.4. The fraction of sp³-hybridized carbons (Fsp3) is 1.00. The van der Waals surface area contributed by atoms with Gasteiger partial charge in [0.15, 0.2) is 0 Å². The van der Waals surface area contributed by atoms with E-state index in [1.54, 1.807) is 0 Å². The Morgan fingerprint density at radius 2 is 1.79 bits per heavy atom. The van der Waals surface area contributed by atoms with Crippen LogP contribution in [0.1, 0.15) is 51.9 Å². The van der Waals surface area contributed by atoms with Crippen LogP contribution in [-0.4, -0.2) is 56.3 Å². The van der Waals surface area contributed by atoms with Gasteiger partial charge in [0.25, 0.3) is 0 Å². The van der Waals surface area contributed by atoms with Gasteiger partial charge in [-0.15, -0.1) is 0 Å². The Bertz CT molecular complexity index is 410. The van der Waals surface area contributed by atoms with Crippen molar-refractivity contribution >= 4 is 0 Å². The molecule has 0 radical (unpaired) electrons. The van der Waals surface area contributed by atoms with Gasteiger partial charge < -0.3 is 14.8 Å². The summed E-state index contributed by atoms with van der Waals surface area (Å²) in [6, 6.07) is 2.13. The lowest BCUT2D eigenvalue weighted by Crippen LogP contribution is -2.57. The number of hydrazine groups is 1. The molecular formula is C18H34N4O2. The molecule has 24 heavy (non-hydrogen) atoms. The molecule has 4 fully saturated rings. The predicted molar refractivity (Wildman–Crippen MR) is 93.5 cm³/mol. The van der Waals surface area contributed by atoms with Gasteiger partial charge in [0.05, 0.1) is 18.9 Å². The zero-order valence-electron chi connectivity index (χ0n) is 14.9. The van der Waals surface area contributed by atoms with Crippen LogP contribution in [-0.2, 0) is 9.47 Å². The molecular weight excluding hydrogens is 304 g/mol. The van der Waals surface area contributed by atoms with Crippen LogP contribution < -0.4 is 21.5 Å². The number of hydrogen-bond donors (Lipinski definition) is 4. The van der Waals surface area contributed by atoms with Crippen LogP contribution in [0.3, 0.4) is 0 Å². The summed E-state index contributed by atoms with van der Waals surface area (Å²) in [5, 5.41) is 7.30. The molecule has 7 unspecified atom stereocenters. The van der Waals surface area contributed by atoms with Crippen molar-refractivity contribution in [3.63, 3.8) is 0 Å². The summed E-state index contributed by atoms with van der Waals surface area (Å²) in [4.78, 5) is 0. The summed E-state index contributed by atoms with van der Waals surface area (Å²) in [5.74, 6) is 0.680. The number of rotatable bonds is 0. The quantitative estimate of drug-likeness (QED) is 0.526. The Hall–Kier alpha value is -0.240. The molecule has 4 rings (SSSR count). The molecule has 4 aliphatic rings. The highest BCUT2D eigenvalue weighted by Gasteiger charge is 2.45. The molecule has 138 valence electrons. The van der Waals surface area contributed by atoms with Crippen molar-refractivity contribution in [2.75, 3.05) is 19.9 Å². The summed E-state index contributed by atoms with van der Waals surface area (Å²) in [6.45, 7) is 4.68. The summed E-state index contributed by atoms with van der Waals surface area (Å²) >= 11 is 0. The van der Waals surface area contributed by atoms with Gasteiger partial charge in [-0.3, -0.25) is 16.2 Å². The largest absolute Gasteiger partial charge is 0.378 e. The highest BCUT2D eigenvalue weighted by atomic mass is 16.5. The topological polar surface area (TPSA) is 66.6 Å². The number of nitrogens with one attached hydrogen (secondary N) is 4. The van der Waals surface area contributed by atoms with E-state index in [-0.39, 0.29) is 6.10 Å². The van der Waals surface area contributed by atoms with Crippen LogP contribution in [0, 0.1) is 5.92 Å². The van der Waals surface area contributed by atoms with Crippen molar-refractivity contribution in [1.29, 1.82) is 0 Å². The average Bonchev–Trinajstić information content (AvgIpc) is 3.03. The third-order valence-electron chi connectivity index (χ3n) is 6.51. The number of ether oxygens (including phenoxy) is 2. The third-order valence-corrected chi connectivity index (χ3v) is 6.51. The first kappa shape index (κ1) is 17.2. The maximum atomic E-state index is 6.18. The average molecular weight is 338 g/mol. The molecule has 0 aromatic carbocycles. The Labute approximate surface area is 145 Å². The molecule has 1 aliphatic carbocycles. The monoisotopic (exact) mass is 338 g/mol. The first-order valence-corrected chi connectivity index (χ1v) is 10.0. The minimum atomic E-state index is 0.256. The van der Waals surface area contributed by atoms with Crippen LogP contribution in [0.25, 0.3) is 0 Å². The second-order valence-electron chi connectivity index (χ2n) is 8.07. The minimum Gasteiger partial charge on any atom is -0.378 e. The van der Waals surface area contributed by atoms with Gasteiger partial charge in [0.1, 0.15) is 0 Å². The van der Waals surface area contributed by atoms with E-state index in [4.69, 9.17) is 9.47 Å². The van der Waals surface area contributed by atoms with Gasteiger partial charge in [-0.05, 0) is 57.9 Å². The Morgan fingerprint density at radius 3 is 2.75 bits per heavy atom. The van der Waals surface area contributed by atoms with Gasteiger partial charge in [-0.1, -0.05) is 6.42 Å². The molecule has 4 bridgehead atoms. The van der Waals surface area contributed by atoms with E-state index in [1.165, 1.54) is 38.5 Å². The number of fused-ring (bicyclic) bond motifs is 4. The third kappa shape index (κ3) is 3.79. The highest BCUT2D eigenvalue weighted by molar-refractivity contribution is 5.02. The first-order chi connectivity index (χ1) is 11.8. The van der Waals surface area contributed by atoms with Crippen molar-refractivity contribution in [3.8, 4) is 0 Å². The minimum absolute atomic E-state index is 0.256. The van der Waals surface area contributed by atoms with Crippen molar-refractivity contribution in [2.45, 2.75) is 88.2 Å². The van der Waals surface area contributed by atoms with Crippen LogP contribution >= 0.6 is 0 Å². The SMILES string of the molecule is CC1OCNCCCOC2CCC3NNC(C4CCCC1N4)C3C2. The molecule has 7 atom stereocenters. The molecule has 3 saturated heterocycles. The van der Waals surface area contributed by atoms with Crippen LogP contribution in [0.4, 0.5) is 0 Å². The molecule has 6 nitrogen and oxygen atoms in total. The Balaban J connectivity index is 1.47. The smallest absolute Gasteiger partial charge is 0.0969 e. The van der Waals surface area contributed by atoms with Crippen molar-refractivity contribution in [1.82, 2.24) is 21.5 Å². The van der Waals surface area contributed by atoms with E-state index < -0.39 is 0 Å². The lowest BCUT2D eigenvalue weighted by atomic mass is 9.76. The van der Waals surface area contributed by atoms with Gasteiger partial charge >= 0.3 is 0 Å². The predicted octanol–water partition coefficient (Wildman–Crippen LogP) is 0.883. The van der Waals surface area contributed by atoms with Gasteiger partial charge in [0, 0.05) is 30.8 Å². The molecule has 6 heteroatoms. The fourth-order valence-electron chi connectivity index (χ4n) is 5.08. The molecule has 0 spiro atoms. The van der Waals surface area contributed by atoms with E-state index in [1.807, 2.05) is 0 Å². The summed E-state index contributed by atoms with van der Waals surface area (Å²) in [5.41, 5.74) is 7.20. The zero-order valence-corrected chi connectivity index (χ0v) is 14.9. The van der Waals surface area contributed by atoms with Crippen molar-refractivity contribution in [3.05, 3.63) is 0 Å². The standard InChI is InChI=1S/C18H34N4O2/c1-12-15-4-2-5-17(20-15)18-14-10-13(6-7-16(14)21-22-18)23-9-3-8-19-11-24-12/h12-22H,2-11H2,1H3. The fourth-order valence-corrected chi connectivity index (χ4v) is 5.08. The van der Waals surface area contributed by atoms with Crippen molar-refractivity contribution in [2.24, 2.45) is 5.92 Å². The molecule has 4 N–H and O–H groups in total. The molecule has 0 aromatic heterocycles. The molecule has 3 aliphatic heterocycles. The molecule has 3 heterocycles. The van der Waals surface area contributed by atoms with E-state index in [0.717, 1.165) is 19.6 Å². The van der Waals surface area contributed by atoms with E-state index >= 15 is 0 Å². The highest BCUT2D eigenvalue weighted by Crippen LogP contribution is 2.35. The maximum absolute atomic E-state index is 6.18. The van der Waals surface area contributed by atoms with Crippen LogP contribution in [0.5, 0.6) is 0 Å². The number of hydrogen-bond acceptors (Lipinski definition) is 6. The summed E-state index contributed by atoms with van der Waals surface area (Å²) in [7, 11) is 0. The lowest BCUT2D eigenvalue weighted by Gasteiger charge is -2.40. The van der Waals surface area contributed by atoms with E-state index in [0.29, 0.717) is 42.9 Å². The van der Waals surface area contributed by atoms with Gasteiger partial charge in [-0.2, -0.15) is 0 Å². The van der Waals surface area contributed by atoms with E-state index in [2.05, 4.69) is 28.4 Å². The first-order valence-electron chi connectivity index (χ1n) is 10.0. The number of piperidine rings is 1. The van der Waals surface area contributed by atoms with E-state index in [9.17, 15) is 0 Å². The van der Waals surface area contributed by atoms with Gasteiger partial charge in [-0.25, -0.2) is 0 Å². The Morgan fingerprint density at radius 1 is 0.875 bits per heavy atom. The Kier molecular flexibility index (Phi) is 5.71. The van der Waals surface area contributed by atoms with Crippen LogP contribution in [0.2, 0.25) is 0 Å². The summed E-state index contributed by atoms with van der Waals surface area (Å²) in [6.07, 6.45) is 9.14. The molecule has 0 aromatic rings. The lowest BCUT2D eigenvalue weighted by molar-refractivity contribution is 0.00504. The molecule has 0 amide bonds. The van der Waals surface area contributed by atoms with Gasteiger partial charge in [0.2, 0.25) is 0 Å². The second-order valence-corrected chi connectivity index (χ2v) is 8.07.